The van der Waals surface area contributed by atoms with E-state index >= 15 is 0 Å². The fraction of sp³-hybridized carbons (Fsp3) is 0.500. The number of nitrogens with one attached hydrogen (secondary N) is 1. The molecule has 1 aromatic carbocycles. The molecule has 0 fully saturated rings. The zero-order chi connectivity index (χ0) is 18.5. The summed E-state index contributed by atoms with van der Waals surface area (Å²) in [7, 11) is -4.00. The van der Waals surface area contributed by atoms with Gasteiger partial charge < -0.3 is 10.4 Å². The van der Waals surface area contributed by atoms with Crippen molar-refractivity contribution < 1.29 is 23.1 Å². The van der Waals surface area contributed by atoms with E-state index in [-0.39, 0.29) is 29.8 Å². The molecule has 1 amide bonds. The number of carbonyl (C=O) groups excluding carboxylic acids is 1. The van der Waals surface area contributed by atoms with Crippen LogP contribution in [-0.2, 0) is 19.6 Å². The first-order chi connectivity index (χ1) is 11.1. The summed E-state index contributed by atoms with van der Waals surface area (Å²) in [6.45, 7) is 6.42. The Morgan fingerprint density at radius 2 is 1.88 bits per heavy atom. The first-order valence-corrected chi connectivity index (χ1v) is 9.10. The second-order valence-corrected chi connectivity index (χ2v) is 7.73. The molecule has 0 radical (unpaired) electrons. The second-order valence-electron chi connectivity index (χ2n) is 5.84. The van der Waals surface area contributed by atoms with Crippen LogP contribution in [0.3, 0.4) is 0 Å². The zero-order valence-corrected chi connectivity index (χ0v) is 15.1. The van der Waals surface area contributed by atoms with E-state index in [9.17, 15) is 23.1 Å². The van der Waals surface area contributed by atoms with Gasteiger partial charge in [-0.1, -0.05) is 26.0 Å². The average molecular weight is 356 g/mol. The molecule has 134 valence electrons. The molecule has 1 atom stereocenters. The first-order valence-electron chi connectivity index (χ1n) is 7.66. The molecule has 0 spiro atoms. The lowest BCUT2D eigenvalue weighted by Gasteiger charge is -2.26. The molecule has 24 heavy (non-hydrogen) atoms. The van der Waals surface area contributed by atoms with E-state index in [1.165, 1.54) is 19.9 Å². The molecule has 1 rings (SSSR count). The Morgan fingerprint density at radius 3 is 2.38 bits per heavy atom. The second kappa shape index (κ2) is 8.25. The Bertz CT molecular complexity index is 700. The number of carboxylic acids is 1. The third-order valence-electron chi connectivity index (χ3n) is 3.63. The highest BCUT2D eigenvalue weighted by Gasteiger charge is 2.32. The summed E-state index contributed by atoms with van der Waals surface area (Å²) in [6, 6.07) is 5.22. The van der Waals surface area contributed by atoms with Crippen LogP contribution in [0.4, 0.5) is 0 Å². The number of nitrogens with zero attached hydrogens (tertiary/aromatic N) is 1. The van der Waals surface area contributed by atoms with Gasteiger partial charge in [-0.05, 0) is 30.5 Å². The molecule has 0 saturated carbocycles. The minimum Gasteiger partial charge on any atom is -0.480 e. The number of sulfonamides is 1. The van der Waals surface area contributed by atoms with E-state index in [0.29, 0.717) is 0 Å². The fourth-order valence-corrected chi connectivity index (χ4v) is 3.80. The van der Waals surface area contributed by atoms with Crippen molar-refractivity contribution in [3.63, 3.8) is 0 Å². The summed E-state index contributed by atoms with van der Waals surface area (Å²) in [6.07, 6.45) is 0. The van der Waals surface area contributed by atoms with Gasteiger partial charge in [-0.15, -0.1) is 0 Å². The summed E-state index contributed by atoms with van der Waals surface area (Å²) in [5, 5.41) is 11.7. The molecule has 2 N–H and O–H groups in total. The van der Waals surface area contributed by atoms with Crippen molar-refractivity contribution in [1.29, 1.82) is 0 Å². The van der Waals surface area contributed by atoms with Crippen LogP contribution in [0.15, 0.2) is 29.2 Å². The van der Waals surface area contributed by atoms with E-state index in [2.05, 4.69) is 5.32 Å². The molecule has 7 nitrogen and oxygen atoms in total. The van der Waals surface area contributed by atoms with E-state index in [1.54, 1.807) is 12.1 Å². The van der Waals surface area contributed by atoms with Gasteiger partial charge in [-0.25, -0.2) is 8.42 Å². The zero-order valence-electron chi connectivity index (χ0n) is 14.3. The van der Waals surface area contributed by atoms with Crippen molar-refractivity contribution in [2.75, 3.05) is 13.1 Å². The lowest BCUT2D eigenvalue weighted by molar-refractivity contribution is -0.140. The molecule has 8 heteroatoms. The van der Waals surface area contributed by atoms with Crippen LogP contribution in [0.1, 0.15) is 39.2 Å². The van der Waals surface area contributed by atoms with Gasteiger partial charge in [0.2, 0.25) is 15.9 Å². The van der Waals surface area contributed by atoms with Crippen LogP contribution in [-0.4, -0.2) is 48.8 Å². The molecule has 0 heterocycles. The summed E-state index contributed by atoms with van der Waals surface area (Å²) in [4.78, 5) is 22.3. The number of carboxylic acid groups (broad SMARTS) is 1. The normalized spacial score (nSPS) is 13.1. The minimum absolute atomic E-state index is 0.0378. The topological polar surface area (TPSA) is 104 Å². The van der Waals surface area contributed by atoms with Gasteiger partial charge in [0.15, 0.2) is 0 Å². The maximum atomic E-state index is 12.9. The average Bonchev–Trinajstić information content (AvgIpc) is 2.50. The number of aliphatic carboxylic acids is 1. The molecule has 0 saturated heterocycles. The smallest absolute Gasteiger partial charge is 0.321 e. The van der Waals surface area contributed by atoms with Gasteiger partial charge in [-0.3, -0.25) is 9.59 Å². The Balaban J connectivity index is 3.20. The summed E-state index contributed by atoms with van der Waals surface area (Å²) >= 11 is 0. The van der Waals surface area contributed by atoms with Gasteiger partial charge in [0.05, 0.1) is 4.90 Å². The van der Waals surface area contributed by atoms with Gasteiger partial charge in [-0.2, -0.15) is 4.31 Å². The lowest BCUT2D eigenvalue weighted by Crippen LogP contribution is -2.46. The first kappa shape index (κ1) is 20.1. The van der Waals surface area contributed by atoms with E-state index in [0.717, 1.165) is 9.87 Å². The van der Waals surface area contributed by atoms with Crippen molar-refractivity contribution in [2.24, 2.45) is 0 Å². The largest absolute Gasteiger partial charge is 0.480 e. The van der Waals surface area contributed by atoms with Crippen molar-refractivity contribution in [3.05, 3.63) is 29.8 Å². The van der Waals surface area contributed by atoms with Crippen molar-refractivity contribution in [2.45, 2.75) is 44.6 Å². The van der Waals surface area contributed by atoms with E-state index in [1.807, 2.05) is 19.9 Å². The van der Waals surface area contributed by atoms with E-state index in [4.69, 9.17) is 0 Å². The van der Waals surface area contributed by atoms with Crippen molar-refractivity contribution >= 4 is 21.9 Å². The molecular weight excluding hydrogens is 332 g/mol. The highest BCUT2D eigenvalue weighted by Crippen LogP contribution is 2.22. The third-order valence-corrected chi connectivity index (χ3v) is 5.59. The molecule has 0 aliphatic rings. The number of rotatable bonds is 8. The van der Waals surface area contributed by atoms with Crippen LogP contribution in [0.5, 0.6) is 0 Å². The van der Waals surface area contributed by atoms with Crippen LogP contribution in [0.25, 0.3) is 0 Å². The lowest BCUT2D eigenvalue weighted by atomic mass is 10.0. The predicted molar refractivity (Wildman–Crippen MR) is 90.2 cm³/mol. The third kappa shape index (κ3) is 5.04. The Morgan fingerprint density at radius 1 is 1.25 bits per heavy atom. The monoisotopic (exact) mass is 356 g/mol. The van der Waals surface area contributed by atoms with E-state index < -0.39 is 22.0 Å². The van der Waals surface area contributed by atoms with Gasteiger partial charge in [0.25, 0.3) is 0 Å². The SMILES string of the molecule is CC(=O)NCCN(C(C)C(=O)O)S(=O)(=O)c1cccc(C(C)C)c1. The highest BCUT2D eigenvalue weighted by molar-refractivity contribution is 7.89. The standard InChI is InChI=1S/C16H24N2O5S/c1-11(2)14-6-5-7-15(10-14)24(22,23)18(12(3)16(20)21)9-8-17-13(4)19/h5-7,10-12H,8-9H2,1-4H3,(H,17,19)(H,20,21). The van der Waals surface area contributed by atoms with Crippen LogP contribution in [0.2, 0.25) is 0 Å². The van der Waals surface area contributed by atoms with Crippen molar-refractivity contribution in [3.8, 4) is 0 Å². The van der Waals surface area contributed by atoms with Crippen LogP contribution < -0.4 is 5.32 Å². The summed E-state index contributed by atoms with van der Waals surface area (Å²) < 4.78 is 26.7. The van der Waals surface area contributed by atoms with Crippen LogP contribution in [0, 0.1) is 0 Å². The minimum atomic E-state index is -4.00. The quantitative estimate of drug-likeness (QED) is 0.733. The van der Waals surface area contributed by atoms with Gasteiger partial charge >= 0.3 is 5.97 Å². The van der Waals surface area contributed by atoms with Crippen LogP contribution >= 0.6 is 0 Å². The number of hydrogen-bond acceptors (Lipinski definition) is 4. The summed E-state index contributed by atoms with van der Waals surface area (Å²) in [5.74, 6) is -1.41. The molecule has 0 aliphatic carbocycles. The molecule has 1 aromatic rings. The number of hydrogen-bond donors (Lipinski definition) is 2. The number of amides is 1. The molecule has 0 bridgehead atoms. The van der Waals surface area contributed by atoms with Gasteiger partial charge in [0, 0.05) is 20.0 Å². The molecule has 0 aromatic heterocycles. The van der Waals surface area contributed by atoms with Gasteiger partial charge in [0.1, 0.15) is 6.04 Å². The Hall–Kier alpha value is -1.93. The fourth-order valence-electron chi connectivity index (χ4n) is 2.16. The Kier molecular flexibility index (Phi) is 6.92. The number of benzene rings is 1. The summed E-state index contributed by atoms with van der Waals surface area (Å²) in [5.41, 5.74) is 0.848. The highest BCUT2D eigenvalue weighted by atomic mass is 32.2. The number of carbonyl (C=O) groups is 2. The van der Waals surface area contributed by atoms with Crippen molar-refractivity contribution in [1.82, 2.24) is 9.62 Å². The molecular formula is C16H24N2O5S. The molecule has 0 aliphatic heterocycles. The maximum absolute atomic E-state index is 12.9. The maximum Gasteiger partial charge on any atom is 0.321 e. The predicted octanol–water partition coefficient (Wildman–Crippen LogP) is 1.41. The Labute approximate surface area is 142 Å². The molecule has 1 unspecified atom stereocenters.